The number of nitrogens with zero attached hydrogens (tertiary/aromatic N) is 2. The van der Waals surface area contributed by atoms with Crippen LogP contribution in [0.1, 0.15) is 55.4 Å². The highest BCUT2D eigenvalue weighted by Crippen LogP contribution is 2.22. The lowest BCUT2D eigenvalue weighted by atomic mass is 10.0. The Morgan fingerprint density at radius 3 is 2.73 bits per heavy atom. The molecule has 1 aromatic carbocycles. The summed E-state index contributed by atoms with van der Waals surface area (Å²) in [5, 5.41) is 7.89. The van der Waals surface area contributed by atoms with Crippen molar-refractivity contribution in [2.45, 2.75) is 52.6 Å². The van der Waals surface area contributed by atoms with Gasteiger partial charge in [-0.2, -0.15) is 5.10 Å². The Hall–Kier alpha value is -2.14. The van der Waals surface area contributed by atoms with Crippen molar-refractivity contribution in [2.75, 3.05) is 13.2 Å². The molecule has 1 aromatic heterocycles. The summed E-state index contributed by atoms with van der Waals surface area (Å²) < 4.78 is 7.56. The van der Waals surface area contributed by atoms with Crippen LogP contribution in [0, 0.1) is 5.92 Å². The molecule has 0 unspecified atom stereocenters. The molecule has 5 heteroatoms. The van der Waals surface area contributed by atoms with Crippen LogP contribution < -0.4 is 5.32 Å². The topological polar surface area (TPSA) is 56.1 Å². The molecule has 1 amide bonds. The predicted octanol–water partition coefficient (Wildman–Crippen LogP) is 3.54. The van der Waals surface area contributed by atoms with Crippen LogP contribution in [0.3, 0.4) is 0 Å². The van der Waals surface area contributed by atoms with E-state index in [1.807, 2.05) is 35.0 Å². The highest BCUT2D eigenvalue weighted by molar-refractivity contribution is 5.96. The highest BCUT2D eigenvalue weighted by Gasteiger charge is 2.25. The first kappa shape index (κ1) is 18.6. The van der Waals surface area contributed by atoms with Crippen molar-refractivity contribution < 1.29 is 9.53 Å². The standard InChI is InChI=1S/C21H29N3O2/c1-4-19-20(21(25)22-14-17-11-8-12-26-17)18(13-15(2)3)23-24(19)16-9-6-5-7-10-16/h5-7,9-10,15,17H,4,8,11-14H2,1-3H3,(H,22,25)/t17-/m1/s1. The fourth-order valence-corrected chi connectivity index (χ4v) is 3.50. The van der Waals surface area contributed by atoms with Gasteiger partial charge in [-0.15, -0.1) is 0 Å². The Balaban J connectivity index is 1.92. The summed E-state index contributed by atoms with van der Waals surface area (Å²) in [6, 6.07) is 10.0. The second-order valence-corrected chi connectivity index (χ2v) is 7.31. The van der Waals surface area contributed by atoms with E-state index in [2.05, 4.69) is 26.1 Å². The molecule has 0 radical (unpaired) electrons. The summed E-state index contributed by atoms with van der Waals surface area (Å²) in [6.45, 7) is 7.75. The molecule has 0 spiro atoms. The molecule has 0 aliphatic carbocycles. The first-order valence-electron chi connectivity index (χ1n) is 9.66. The number of hydrogen-bond donors (Lipinski definition) is 1. The lowest BCUT2D eigenvalue weighted by Gasteiger charge is -2.12. The zero-order chi connectivity index (χ0) is 18.5. The smallest absolute Gasteiger partial charge is 0.255 e. The number of ether oxygens (including phenoxy) is 1. The maximum absolute atomic E-state index is 13.0. The third-order valence-electron chi connectivity index (χ3n) is 4.73. The monoisotopic (exact) mass is 355 g/mol. The zero-order valence-electron chi connectivity index (χ0n) is 16.0. The van der Waals surface area contributed by atoms with Gasteiger partial charge in [0, 0.05) is 13.2 Å². The van der Waals surface area contributed by atoms with E-state index in [-0.39, 0.29) is 12.0 Å². The molecule has 1 N–H and O–H groups in total. The quantitative estimate of drug-likeness (QED) is 0.826. The van der Waals surface area contributed by atoms with Gasteiger partial charge in [0.15, 0.2) is 0 Å². The molecule has 2 heterocycles. The Labute approximate surface area is 155 Å². The molecular formula is C21H29N3O2. The Morgan fingerprint density at radius 2 is 2.12 bits per heavy atom. The molecule has 1 aliphatic heterocycles. The van der Waals surface area contributed by atoms with Gasteiger partial charge in [-0.1, -0.05) is 39.0 Å². The van der Waals surface area contributed by atoms with E-state index in [4.69, 9.17) is 9.84 Å². The number of amides is 1. The first-order valence-corrected chi connectivity index (χ1v) is 9.66. The van der Waals surface area contributed by atoms with Gasteiger partial charge < -0.3 is 10.1 Å². The van der Waals surface area contributed by atoms with Crippen molar-refractivity contribution in [3.05, 3.63) is 47.3 Å². The molecule has 1 atom stereocenters. The summed E-state index contributed by atoms with van der Waals surface area (Å²) in [4.78, 5) is 13.0. The molecule has 1 aliphatic rings. The van der Waals surface area contributed by atoms with Crippen molar-refractivity contribution in [2.24, 2.45) is 5.92 Å². The molecule has 26 heavy (non-hydrogen) atoms. The largest absolute Gasteiger partial charge is 0.376 e. The summed E-state index contributed by atoms with van der Waals surface area (Å²) >= 11 is 0. The minimum Gasteiger partial charge on any atom is -0.376 e. The number of benzene rings is 1. The lowest BCUT2D eigenvalue weighted by molar-refractivity contribution is 0.0856. The number of carbonyl (C=O) groups excluding carboxylic acids is 1. The third-order valence-corrected chi connectivity index (χ3v) is 4.73. The SMILES string of the molecule is CCc1c(C(=O)NC[C@H]2CCCO2)c(CC(C)C)nn1-c1ccccc1. The van der Waals surface area contributed by atoms with Crippen LogP contribution in [0.15, 0.2) is 30.3 Å². The zero-order valence-corrected chi connectivity index (χ0v) is 16.0. The fourth-order valence-electron chi connectivity index (χ4n) is 3.50. The van der Waals surface area contributed by atoms with E-state index in [0.29, 0.717) is 12.5 Å². The second-order valence-electron chi connectivity index (χ2n) is 7.31. The number of para-hydroxylation sites is 1. The molecule has 1 fully saturated rings. The van der Waals surface area contributed by atoms with Gasteiger partial charge in [0.1, 0.15) is 0 Å². The molecular weight excluding hydrogens is 326 g/mol. The number of rotatable bonds is 7. The number of aromatic nitrogens is 2. The first-order chi connectivity index (χ1) is 12.6. The normalized spacial score (nSPS) is 17.0. The van der Waals surface area contributed by atoms with Gasteiger partial charge in [0.05, 0.1) is 28.7 Å². The predicted molar refractivity (Wildman–Crippen MR) is 103 cm³/mol. The number of hydrogen-bond acceptors (Lipinski definition) is 3. The van der Waals surface area contributed by atoms with Crippen LogP contribution in [0.4, 0.5) is 0 Å². The van der Waals surface area contributed by atoms with Crippen molar-refractivity contribution in [3.8, 4) is 5.69 Å². The maximum Gasteiger partial charge on any atom is 0.255 e. The van der Waals surface area contributed by atoms with Crippen LogP contribution in [-0.4, -0.2) is 34.9 Å². The van der Waals surface area contributed by atoms with Crippen molar-refractivity contribution >= 4 is 5.91 Å². The molecule has 140 valence electrons. The van der Waals surface area contributed by atoms with Gasteiger partial charge in [0.25, 0.3) is 5.91 Å². The van der Waals surface area contributed by atoms with E-state index in [0.717, 1.165) is 54.9 Å². The molecule has 0 bridgehead atoms. The van der Waals surface area contributed by atoms with Crippen molar-refractivity contribution in [1.82, 2.24) is 15.1 Å². The number of nitrogens with one attached hydrogen (secondary N) is 1. The van der Waals surface area contributed by atoms with E-state index >= 15 is 0 Å². The third kappa shape index (κ3) is 4.15. The minimum atomic E-state index is -0.0322. The summed E-state index contributed by atoms with van der Waals surface area (Å²) in [5.41, 5.74) is 3.58. The molecule has 3 rings (SSSR count). The van der Waals surface area contributed by atoms with Crippen LogP contribution in [-0.2, 0) is 17.6 Å². The van der Waals surface area contributed by atoms with Crippen molar-refractivity contribution in [1.29, 1.82) is 0 Å². The van der Waals surface area contributed by atoms with Gasteiger partial charge in [-0.3, -0.25) is 4.79 Å². The second kappa shape index (κ2) is 8.49. The average Bonchev–Trinajstić information content (AvgIpc) is 3.27. The van der Waals surface area contributed by atoms with E-state index in [1.165, 1.54) is 0 Å². The highest BCUT2D eigenvalue weighted by atomic mass is 16.5. The number of carbonyl (C=O) groups is 1. The summed E-state index contributed by atoms with van der Waals surface area (Å²) in [6.07, 6.45) is 3.77. The minimum absolute atomic E-state index is 0.0322. The Morgan fingerprint density at radius 1 is 1.35 bits per heavy atom. The van der Waals surface area contributed by atoms with Crippen molar-refractivity contribution in [3.63, 3.8) is 0 Å². The van der Waals surface area contributed by atoms with Gasteiger partial charge >= 0.3 is 0 Å². The molecule has 0 saturated carbocycles. The van der Waals surface area contributed by atoms with E-state index in [9.17, 15) is 4.79 Å². The Bertz CT molecular complexity index is 731. The Kier molecular flexibility index (Phi) is 6.09. The van der Waals surface area contributed by atoms with Gasteiger partial charge in [-0.05, 0) is 43.7 Å². The summed E-state index contributed by atoms with van der Waals surface area (Å²) in [5.74, 6) is 0.402. The van der Waals surface area contributed by atoms with Gasteiger partial charge in [-0.25, -0.2) is 4.68 Å². The maximum atomic E-state index is 13.0. The van der Waals surface area contributed by atoms with Crippen LogP contribution in [0.5, 0.6) is 0 Å². The van der Waals surface area contributed by atoms with Gasteiger partial charge in [0.2, 0.25) is 0 Å². The molecule has 2 aromatic rings. The van der Waals surface area contributed by atoms with Crippen LogP contribution in [0.25, 0.3) is 5.69 Å². The lowest BCUT2D eigenvalue weighted by Crippen LogP contribution is -2.32. The average molecular weight is 355 g/mol. The van der Waals surface area contributed by atoms with Crippen LogP contribution >= 0.6 is 0 Å². The van der Waals surface area contributed by atoms with E-state index < -0.39 is 0 Å². The summed E-state index contributed by atoms with van der Waals surface area (Å²) in [7, 11) is 0. The van der Waals surface area contributed by atoms with Crippen LogP contribution in [0.2, 0.25) is 0 Å². The van der Waals surface area contributed by atoms with E-state index in [1.54, 1.807) is 0 Å². The molecule has 5 nitrogen and oxygen atoms in total. The fraction of sp³-hybridized carbons (Fsp3) is 0.524. The molecule has 1 saturated heterocycles.